The van der Waals surface area contributed by atoms with E-state index in [0.29, 0.717) is 18.5 Å². The van der Waals surface area contributed by atoms with Crippen molar-refractivity contribution < 1.29 is 14.4 Å². The lowest BCUT2D eigenvalue weighted by Crippen LogP contribution is -2.44. The van der Waals surface area contributed by atoms with Crippen LogP contribution in [0.2, 0.25) is 0 Å². The lowest BCUT2D eigenvalue weighted by molar-refractivity contribution is -0.133. The van der Waals surface area contributed by atoms with Crippen LogP contribution in [0.25, 0.3) is 0 Å². The van der Waals surface area contributed by atoms with Gasteiger partial charge in [0, 0.05) is 5.69 Å². The molecule has 1 aromatic rings. The van der Waals surface area contributed by atoms with Gasteiger partial charge in [0.15, 0.2) is 0 Å². The van der Waals surface area contributed by atoms with Crippen molar-refractivity contribution >= 4 is 23.5 Å². The van der Waals surface area contributed by atoms with Crippen molar-refractivity contribution in [1.29, 1.82) is 0 Å². The summed E-state index contributed by atoms with van der Waals surface area (Å²) in [6.07, 6.45) is 6.48. The van der Waals surface area contributed by atoms with Crippen LogP contribution >= 0.6 is 0 Å². The number of urea groups is 1. The topological polar surface area (TPSA) is 78.5 Å². The van der Waals surface area contributed by atoms with Crippen molar-refractivity contribution in [3.63, 3.8) is 0 Å². The highest BCUT2D eigenvalue weighted by Gasteiger charge is 2.52. The Bertz CT molecular complexity index is 663. The summed E-state index contributed by atoms with van der Waals surface area (Å²) in [4.78, 5) is 37.9. The van der Waals surface area contributed by atoms with Gasteiger partial charge in [-0.05, 0) is 43.4 Å². The number of anilines is 1. The third-order valence-corrected chi connectivity index (χ3v) is 5.06. The van der Waals surface area contributed by atoms with Crippen LogP contribution in [0.4, 0.5) is 10.5 Å². The number of rotatable bonds is 6. The van der Waals surface area contributed by atoms with Gasteiger partial charge in [-0.3, -0.25) is 14.5 Å². The van der Waals surface area contributed by atoms with Gasteiger partial charge in [0.05, 0.1) is 0 Å². The van der Waals surface area contributed by atoms with Crippen molar-refractivity contribution in [2.75, 3.05) is 11.9 Å². The Morgan fingerprint density at radius 3 is 2.52 bits per heavy atom. The lowest BCUT2D eigenvalue weighted by atomic mass is 9.98. The summed E-state index contributed by atoms with van der Waals surface area (Å²) < 4.78 is 0. The van der Waals surface area contributed by atoms with Gasteiger partial charge in [-0.1, -0.05) is 38.3 Å². The maximum atomic E-state index is 12.5. The van der Waals surface area contributed by atoms with Crippen molar-refractivity contribution in [2.45, 2.75) is 57.4 Å². The van der Waals surface area contributed by atoms with E-state index in [4.69, 9.17) is 0 Å². The molecule has 0 unspecified atom stereocenters. The molecule has 1 saturated heterocycles. The summed E-state index contributed by atoms with van der Waals surface area (Å²) in [7, 11) is 0. The second kappa shape index (κ2) is 7.25. The first-order valence-corrected chi connectivity index (χ1v) is 9.07. The van der Waals surface area contributed by atoms with Gasteiger partial charge in [-0.25, -0.2) is 4.79 Å². The van der Waals surface area contributed by atoms with Crippen LogP contribution in [-0.4, -0.2) is 34.8 Å². The molecule has 2 N–H and O–H groups in total. The summed E-state index contributed by atoms with van der Waals surface area (Å²) in [6, 6.07) is 7.23. The molecule has 4 amide bonds. The number of nitrogens with zero attached hydrogens (tertiary/aromatic N) is 1. The number of carbonyl (C=O) groups excluding carboxylic acids is 3. The molecule has 0 aromatic heterocycles. The van der Waals surface area contributed by atoms with E-state index in [1.165, 1.54) is 5.56 Å². The smallest absolute Gasteiger partial charge is 0.325 e. The van der Waals surface area contributed by atoms with Gasteiger partial charge in [-0.15, -0.1) is 0 Å². The molecule has 2 aliphatic rings. The molecule has 1 aliphatic heterocycles. The molecule has 134 valence electrons. The number of aryl methyl sites for hydroxylation is 1. The zero-order valence-corrected chi connectivity index (χ0v) is 14.6. The highest BCUT2D eigenvalue weighted by atomic mass is 16.2. The Hall–Kier alpha value is -2.37. The summed E-state index contributed by atoms with van der Waals surface area (Å²) in [5.74, 6) is -0.625. The molecule has 25 heavy (non-hydrogen) atoms. The average molecular weight is 343 g/mol. The van der Waals surface area contributed by atoms with Crippen LogP contribution in [-0.2, 0) is 16.0 Å². The fourth-order valence-corrected chi connectivity index (χ4v) is 3.62. The largest absolute Gasteiger partial charge is 0.325 e. The molecular weight excluding hydrogens is 318 g/mol. The van der Waals surface area contributed by atoms with Crippen molar-refractivity contribution in [1.82, 2.24) is 10.2 Å². The molecule has 1 saturated carbocycles. The minimum Gasteiger partial charge on any atom is -0.325 e. The molecule has 6 heteroatoms. The number of unbranched alkanes of at least 4 members (excludes halogenated alkanes) is 1. The van der Waals surface area contributed by atoms with Crippen LogP contribution in [0.3, 0.4) is 0 Å². The Kier molecular flexibility index (Phi) is 5.06. The summed E-state index contributed by atoms with van der Waals surface area (Å²) in [6.45, 7) is 1.91. The van der Waals surface area contributed by atoms with Crippen molar-refractivity contribution in [3.05, 3.63) is 29.8 Å². The Morgan fingerprint density at radius 1 is 1.20 bits per heavy atom. The molecule has 2 fully saturated rings. The van der Waals surface area contributed by atoms with E-state index in [1.807, 2.05) is 24.3 Å². The number of nitrogens with one attached hydrogen (secondary N) is 2. The molecule has 0 atom stereocenters. The van der Waals surface area contributed by atoms with Gasteiger partial charge < -0.3 is 10.6 Å². The molecular formula is C19H25N3O3. The predicted octanol–water partition coefficient (Wildman–Crippen LogP) is 2.83. The molecule has 1 heterocycles. The summed E-state index contributed by atoms with van der Waals surface area (Å²) in [5.41, 5.74) is 1.14. The molecule has 0 radical (unpaired) electrons. The van der Waals surface area contributed by atoms with E-state index in [9.17, 15) is 14.4 Å². The van der Waals surface area contributed by atoms with E-state index in [2.05, 4.69) is 17.6 Å². The van der Waals surface area contributed by atoms with Gasteiger partial charge in [0.1, 0.15) is 12.1 Å². The standard InChI is InChI=1S/C19H25N3O3/c1-2-3-6-14-7-9-15(10-8-14)20-16(23)13-22-17(24)19(21-18(22)25)11-4-5-12-19/h7-10H,2-6,11-13H2,1H3,(H,20,23)(H,21,25). The quantitative estimate of drug-likeness (QED) is 0.780. The number of amides is 4. The second-order valence-electron chi connectivity index (χ2n) is 6.96. The molecule has 1 spiro atoms. The maximum absolute atomic E-state index is 12.5. The third kappa shape index (κ3) is 3.67. The van der Waals surface area contributed by atoms with E-state index < -0.39 is 11.6 Å². The van der Waals surface area contributed by atoms with Crippen molar-refractivity contribution in [2.24, 2.45) is 0 Å². The fourth-order valence-electron chi connectivity index (χ4n) is 3.62. The fraction of sp³-hybridized carbons (Fsp3) is 0.526. The molecule has 1 aliphatic carbocycles. The van der Waals surface area contributed by atoms with Crippen LogP contribution in [0.5, 0.6) is 0 Å². The number of hydrogen-bond donors (Lipinski definition) is 2. The first kappa shape index (κ1) is 17.5. The zero-order valence-electron chi connectivity index (χ0n) is 14.6. The molecule has 1 aromatic carbocycles. The first-order valence-electron chi connectivity index (χ1n) is 9.07. The highest BCUT2D eigenvalue weighted by molar-refractivity contribution is 6.10. The minimum atomic E-state index is -0.766. The SMILES string of the molecule is CCCCc1ccc(NC(=O)CN2C(=O)NC3(CCCC3)C2=O)cc1. The van der Waals surface area contributed by atoms with Crippen LogP contribution < -0.4 is 10.6 Å². The molecule has 6 nitrogen and oxygen atoms in total. The number of hydrogen-bond acceptors (Lipinski definition) is 3. The average Bonchev–Trinajstić information content (AvgIpc) is 3.15. The maximum Gasteiger partial charge on any atom is 0.325 e. The number of benzene rings is 1. The predicted molar refractivity (Wildman–Crippen MR) is 95.1 cm³/mol. The van der Waals surface area contributed by atoms with Crippen molar-refractivity contribution in [3.8, 4) is 0 Å². The van der Waals surface area contributed by atoms with E-state index >= 15 is 0 Å². The van der Waals surface area contributed by atoms with Gasteiger partial charge in [0.2, 0.25) is 5.91 Å². The third-order valence-electron chi connectivity index (χ3n) is 5.06. The van der Waals surface area contributed by atoms with Gasteiger partial charge >= 0.3 is 6.03 Å². The lowest BCUT2D eigenvalue weighted by Gasteiger charge is -2.19. The normalized spacial score (nSPS) is 18.7. The monoisotopic (exact) mass is 343 g/mol. The Balaban J connectivity index is 1.57. The van der Waals surface area contributed by atoms with Crippen LogP contribution in [0.1, 0.15) is 51.0 Å². The molecule has 0 bridgehead atoms. The second-order valence-corrected chi connectivity index (χ2v) is 6.96. The number of carbonyl (C=O) groups is 3. The Morgan fingerprint density at radius 2 is 1.88 bits per heavy atom. The summed E-state index contributed by atoms with van der Waals surface area (Å²) in [5, 5.41) is 5.54. The number of imide groups is 1. The summed E-state index contributed by atoms with van der Waals surface area (Å²) >= 11 is 0. The highest BCUT2D eigenvalue weighted by Crippen LogP contribution is 2.34. The van der Waals surface area contributed by atoms with Gasteiger partial charge in [-0.2, -0.15) is 0 Å². The van der Waals surface area contributed by atoms with E-state index in [1.54, 1.807) is 0 Å². The first-order chi connectivity index (χ1) is 12.0. The zero-order chi connectivity index (χ0) is 17.9. The van der Waals surface area contributed by atoms with Gasteiger partial charge in [0.25, 0.3) is 5.91 Å². The van der Waals surface area contributed by atoms with E-state index in [-0.39, 0.29) is 18.4 Å². The van der Waals surface area contributed by atoms with Crippen LogP contribution in [0.15, 0.2) is 24.3 Å². The van der Waals surface area contributed by atoms with Crippen LogP contribution in [0, 0.1) is 0 Å². The van der Waals surface area contributed by atoms with E-state index in [0.717, 1.165) is 37.0 Å². The Labute approximate surface area is 148 Å². The minimum absolute atomic E-state index is 0.246. The molecule has 3 rings (SSSR count).